The number of guanidine groups is 1. The van der Waals surface area contributed by atoms with E-state index in [1.807, 2.05) is 18.2 Å². The van der Waals surface area contributed by atoms with Gasteiger partial charge in [0, 0.05) is 50.0 Å². The molecule has 4 rings (SSSR count). The maximum atomic E-state index is 13.9. The van der Waals surface area contributed by atoms with Crippen LogP contribution in [-0.4, -0.2) is 110 Å². The fourth-order valence-corrected chi connectivity index (χ4v) is 8.11. The van der Waals surface area contributed by atoms with Crippen molar-refractivity contribution in [2.45, 2.75) is 102 Å². The van der Waals surface area contributed by atoms with Gasteiger partial charge in [-0.3, -0.25) is 19.4 Å². The summed E-state index contributed by atoms with van der Waals surface area (Å²) >= 11 is 0. The van der Waals surface area contributed by atoms with Crippen molar-refractivity contribution in [3.63, 3.8) is 0 Å². The van der Waals surface area contributed by atoms with Gasteiger partial charge in [-0.2, -0.15) is 0 Å². The van der Waals surface area contributed by atoms with E-state index in [9.17, 15) is 24.3 Å². The van der Waals surface area contributed by atoms with E-state index < -0.39 is 29.4 Å². The van der Waals surface area contributed by atoms with Crippen molar-refractivity contribution in [3.8, 4) is 11.5 Å². The predicted octanol–water partition coefficient (Wildman–Crippen LogP) is 2.00. The highest BCUT2D eigenvalue weighted by Crippen LogP contribution is 2.55. The normalized spacial score (nSPS) is 23.7. The fraction of sp³-hybridized carbons (Fsp3) is 0.649. The van der Waals surface area contributed by atoms with Crippen LogP contribution in [0.2, 0.25) is 0 Å². The Labute approximate surface area is 306 Å². The lowest BCUT2D eigenvalue weighted by atomic mass is 9.57. The molecule has 2 aliphatic heterocycles. The minimum atomic E-state index is -0.894. The summed E-state index contributed by atoms with van der Waals surface area (Å²) in [5.74, 6) is 0.00292. The highest BCUT2D eigenvalue weighted by Gasteiger charge is 2.52. The number of ether oxygens (including phenoxy) is 2. The van der Waals surface area contributed by atoms with E-state index in [-0.39, 0.29) is 61.7 Å². The van der Waals surface area contributed by atoms with Crippen molar-refractivity contribution in [2.75, 3.05) is 46.9 Å². The molecule has 0 saturated carbocycles. The molecule has 0 aromatic heterocycles. The summed E-state index contributed by atoms with van der Waals surface area (Å²) in [6.45, 7) is 7.10. The molecule has 15 nitrogen and oxygen atoms in total. The number of carbonyl (C=O) groups is 4. The van der Waals surface area contributed by atoms with Gasteiger partial charge in [-0.05, 0) is 95.5 Å². The molecule has 1 aromatic rings. The summed E-state index contributed by atoms with van der Waals surface area (Å²) in [5, 5.41) is 19.6. The number of nitrogens with two attached hydrogens (primary N) is 2. The number of aliphatic imine (C=N–C) groups is 1. The smallest absolute Gasteiger partial charge is 0.415 e. The molecular formula is C37H58N8O7. The summed E-state index contributed by atoms with van der Waals surface area (Å²) in [5.41, 5.74) is 12.3. The summed E-state index contributed by atoms with van der Waals surface area (Å²) < 4.78 is 11.8. The zero-order valence-electron chi connectivity index (χ0n) is 31.3. The number of phenolic OH excluding ortho intramolecular Hbond substituents is 1. The van der Waals surface area contributed by atoms with Gasteiger partial charge in [0.1, 0.15) is 11.8 Å². The number of piperidine rings is 2. The average Bonchev–Trinajstić information content (AvgIpc) is 3.12. The number of fused-ring (bicyclic) bond motifs is 1. The summed E-state index contributed by atoms with van der Waals surface area (Å²) in [4.78, 5) is 59.1. The second-order valence-corrected chi connectivity index (χ2v) is 14.3. The Balaban J connectivity index is 1.49. The second kappa shape index (κ2) is 18.3. The van der Waals surface area contributed by atoms with E-state index in [0.29, 0.717) is 43.7 Å². The van der Waals surface area contributed by atoms with Crippen molar-refractivity contribution in [3.05, 3.63) is 35.1 Å². The van der Waals surface area contributed by atoms with Crippen molar-refractivity contribution < 1.29 is 33.8 Å². The Morgan fingerprint density at radius 1 is 1.15 bits per heavy atom. The van der Waals surface area contributed by atoms with E-state index in [2.05, 4.69) is 46.7 Å². The maximum absolute atomic E-state index is 13.9. The van der Waals surface area contributed by atoms with E-state index in [1.54, 1.807) is 12.0 Å². The van der Waals surface area contributed by atoms with Crippen molar-refractivity contribution in [2.24, 2.45) is 22.4 Å². The lowest BCUT2D eigenvalue weighted by Gasteiger charge is -2.53. The molecule has 5 unspecified atom stereocenters. The SMILES string of the molecule is CCc1ccc(OC)c(O)c1C12CCN(C)C(C)C1CC=C(OC(=O)N1CCCCC1CNC(=O)C(CCCN=C(N)N)NC(=O)CNC(C)=O)C2. The molecule has 288 valence electrons. The minimum Gasteiger partial charge on any atom is -0.504 e. The Bertz CT molecular complexity index is 1510. The molecule has 4 amide bonds. The molecule has 2 saturated heterocycles. The Morgan fingerprint density at radius 3 is 2.62 bits per heavy atom. The highest BCUT2D eigenvalue weighted by molar-refractivity contribution is 5.89. The number of phenols is 1. The number of nitrogens with one attached hydrogen (secondary N) is 3. The lowest BCUT2D eigenvalue weighted by molar-refractivity contribution is -0.129. The molecular weight excluding hydrogens is 668 g/mol. The number of nitrogens with zero attached hydrogens (tertiary/aromatic N) is 3. The third-order valence-corrected chi connectivity index (χ3v) is 11.0. The highest BCUT2D eigenvalue weighted by atomic mass is 16.6. The standard InChI is InChI=1S/C37H58N8O7/c1-6-25-12-15-30(51-5)33(48)32(25)37-16-19-44(4)23(2)28(37)14-13-27(20-37)52-36(50)45-18-8-7-10-26(45)21-42-34(49)29(11-9-17-40-35(38)39)43-31(47)22-41-24(3)46/h12-13,15,23,26,28-29,48H,6-11,14,16-22H2,1-5H3,(H,41,46)(H,42,49)(H,43,47)(H4,38,39,40). The van der Waals surface area contributed by atoms with Crippen LogP contribution >= 0.6 is 0 Å². The van der Waals surface area contributed by atoms with Crippen molar-refractivity contribution in [1.82, 2.24) is 25.8 Å². The van der Waals surface area contributed by atoms with Gasteiger partial charge in [0.15, 0.2) is 17.5 Å². The number of allylic oxidation sites excluding steroid dienone is 2. The topological polar surface area (TPSA) is 214 Å². The molecule has 0 bridgehead atoms. The van der Waals surface area contributed by atoms with Gasteiger partial charge >= 0.3 is 6.09 Å². The van der Waals surface area contributed by atoms with Gasteiger partial charge in [0.2, 0.25) is 17.7 Å². The maximum Gasteiger partial charge on any atom is 0.415 e. The van der Waals surface area contributed by atoms with Crippen molar-refractivity contribution in [1.29, 1.82) is 0 Å². The molecule has 0 radical (unpaired) electrons. The van der Waals surface area contributed by atoms with Gasteiger partial charge in [0.25, 0.3) is 0 Å². The van der Waals surface area contributed by atoms with Crippen LogP contribution in [0.4, 0.5) is 4.79 Å². The van der Waals surface area contributed by atoms with Crippen molar-refractivity contribution >= 4 is 29.8 Å². The zero-order valence-corrected chi connectivity index (χ0v) is 31.3. The van der Waals surface area contributed by atoms with E-state index in [1.165, 1.54) is 6.92 Å². The molecule has 52 heavy (non-hydrogen) atoms. The first-order valence-corrected chi connectivity index (χ1v) is 18.4. The fourth-order valence-electron chi connectivity index (χ4n) is 8.11. The third-order valence-electron chi connectivity index (χ3n) is 11.0. The van der Waals surface area contributed by atoms with E-state index >= 15 is 0 Å². The quantitative estimate of drug-likeness (QED) is 0.0932. The monoisotopic (exact) mass is 726 g/mol. The Morgan fingerprint density at radius 2 is 1.92 bits per heavy atom. The van der Waals surface area contributed by atoms with Crippen LogP contribution in [0.3, 0.4) is 0 Å². The molecule has 15 heteroatoms. The first kappa shape index (κ1) is 40.2. The molecule has 8 N–H and O–H groups in total. The van der Waals surface area contributed by atoms with Crippen LogP contribution in [-0.2, 0) is 31.0 Å². The zero-order chi connectivity index (χ0) is 38.0. The summed E-state index contributed by atoms with van der Waals surface area (Å²) in [7, 11) is 3.69. The molecule has 0 spiro atoms. The second-order valence-electron chi connectivity index (χ2n) is 14.3. The Kier molecular flexibility index (Phi) is 14.2. The van der Waals surface area contributed by atoms with Crippen LogP contribution in [0.15, 0.2) is 29.0 Å². The molecule has 1 aromatic carbocycles. The van der Waals surface area contributed by atoms with Crippen LogP contribution in [0.25, 0.3) is 0 Å². The number of hydrogen-bond acceptors (Lipinski definition) is 9. The van der Waals surface area contributed by atoms with Gasteiger partial charge in [0.05, 0.1) is 19.7 Å². The number of carbonyl (C=O) groups excluding carboxylic acids is 4. The Hall–Kier alpha value is -4.53. The molecule has 2 heterocycles. The van der Waals surface area contributed by atoms with E-state index in [0.717, 1.165) is 43.4 Å². The van der Waals surface area contributed by atoms with Gasteiger partial charge in [-0.1, -0.05) is 13.0 Å². The van der Waals surface area contributed by atoms with Crippen LogP contribution in [0, 0.1) is 5.92 Å². The number of amides is 4. The summed E-state index contributed by atoms with van der Waals surface area (Å²) in [6, 6.07) is 2.87. The number of rotatable bonds is 14. The number of aromatic hydroxyl groups is 1. The molecule has 3 aliphatic rings. The molecule has 1 aliphatic carbocycles. The number of benzene rings is 1. The number of aryl methyl sites for hydroxylation is 1. The lowest BCUT2D eigenvalue weighted by Crippen LogP contribution is -2.55. The van der Waals surface area contributed by atoms with Gasteiger partial charge in [-0.25, -0.2) is 4.79 Å². The van der Waals surface area contributed by atoms with Gasteiger partial charge in [-0.15, -0.1) is 0 Å². The average molecular weight is 727 g/mol. The van der Waals surface area contributed by atoms with Gasteiger partial charge < -0.3 is 51.8 Å². The van der Waals surface area contributed by atoms with E-state index in [4.69, 9.17) is 20.9 Å². The number of likely N-dealkylation sites (tertiary alicyclic amines) is 2. The molecule has 2 fully saturated rings. The largest absolute Gasteiger partial charge is 0.504 e. The number of methoxy groups -OCH3 is 1. The minimum absolute atomic E-state index is 0.0657. The predicted molar refractivity (Wildman–Crippen MR) is 198 cm³/mol. The first-order valence-electron chi connectivity index (χ1n) is 18.4. The number of hydrogen-bond donors (Lipinski definition) is 6. The third kappa shape index (κ3) is 9.66. The van der Waals surface area contributed by atoms with Crippen LogP contribution < -0.4 is 32.2 Å². The van der Waals surface area contributed by atoms with Crippen LogP contribution in [0.5, 0.6) is 11.5 Å². The molecule has 5 atom stereocenters. The summed E-state index contributed by atoms with van der Waals surface area (Å²) in [6.07, 6.45) is 7.28. The first-order chi connectivity index (χ1) is 24.8. The van der Waals surface area contributed by atoms with Crippen LogP contribution in [0.1, 0.15) is 83.3 Å².